The van der Waals surface area contributed by atoms with E-state index in [2.05, 4.69) is 62.5 Å². The number of allylic oxidation sites excluding steroid dienone is 8. The standard InChI is InChI=1S/C55H99NO7/c1-6-8-10-12-14-16-18-20-22-24-26-27-28-30-31-33-35-37-39-41-43-45-53(57)62-50-51(49-61-48-47-52(55(59)60)56(3,4)5)63-54(58)46-44-42-40-38-36-34-32-29-25-23-21-19-17-15-13-11-9-7-2/h15,17,19,21,23,25,29,32,51-52H,6-14,16,18,20,22,24,26-28,30-31,33-50H2,1-5H3/p+1/b17-15+,21-19+,25-23+,32-29+. The van der Waals surface area contributed by atoms with Gasteiger partial charge in [-0.05, 0) is 38.5 Å². The van der Waals surface area contributed by atoms with Gasteiger partial charge in [-0.1, -0.05) is 223 Å². The number of unbranched alkanes of at least 4 members (excludes halogenated alkanes) is 28. The highest BCUT2D eigenvalue weighted by Gasteiger charge is 2.31. The molecule has 366 valence electrons. The number of carboxylic acids is 1. The Labute approximate surface area is 388 Å². The van der Waals surface area contributed by atoms with Gasteiger partial charge >= 0.3 is 17.9 Å². The van der Waals surface area contributed by atoms with E-state index in [1.54, 1.807) is 0 Å². The summed E-state index contributed by atoms with van der Waals surface area (Å²) in [4.78, 5) is 37.2. The average molecular weight is 887 g/mol. The molecular formula is C55H100NO7+. The number of hydrogen-bond donors (Lipinski definition) is 1. The maximum absolute atomic E-state index is 12.8. The van der Waals surface area contributed by atoms with Gasteiger partial charge in [0.15, 0.2) is 12.1 Å². The highest BCUT2D eigenvalue weighted by atomic mass is 16.6. The number of rotatable bonds is 47. The molecule has 0 aliphatic rings. The summed E-state index contributed by atoms with van der Waals surface area (Å²) in [6, 6.07) is -0.620. The lowest BCUT2D eigenvalue weighted by Gasteiger charge is -2.31. The number of carboxylic acid groups (broad SMARTS) is 1. The maximum Gasteiger partial charge on any atom is 0.362 e. The Hall–Kier alpha value is -2.71. The van der Waals surface area contributed by atoms with Crippen LogP contribution in [0.15, 0.2) is 48.6 Å². The SMILES string of the molecule is CCCCC/C=C/C=C/C=C/C=C/CCCCCCCC(=O)OC(COCCC(C(=O)O)[N+](C)(C)C)COC(=O)CCCCCCCCCCCCCCCCCCCCCCC. The van der Waals surface area contributed by atoms with Crippen LogP contribution in [0.3, 0.4) is 0 Å². The minimum Gasteiger partial charge on any atom is -0.477 e. The van der Waals surface area contributed by atoms with Crippen molar-refractivity contribution in [3.63, 3.8) is 0 Å². The lowest BCUT2D eigenvalue weighted by Crippen LogP contribution is -2.50. The van der Waals surface area contributed by atoms with Crippen LogP contribution >= 0.6 is 0 Å². The zero-order valence-electron chi connectivity index (χ0n) is 41.8. The van der Waals surface area contributed by atoms with Crippen LogP contribution in [-0.4, -0.2) is 80.6 Å². The molecule has 0 aromatic carbocycles. The number of aliphatic carboxylic acids is 1. The lowest BCUT2D eigenvalue weighted by molar-refractivity contribution is -0.887. The van der Waals surface area contributed by atoms with E-state index >= 15 is 0 Å². The van der Waals surface area contributed by atoms with Gasteiger partial charge in [0.05, 0.1) is 34.4 Å². The summed E-state index contributed by atoms with van der Waals surface area (Å²) in [5.41, 5.74) is 0. The van der Waals surface area contributed by atoms with Gasteiger partial charge in [-0.2, -0.15) is 0 Å². The second kappa shape index (κ2) is 45.8. The fourth-order valence-corrected chi connectivity index (χ4v) is 7.75. The van der Waals surface area contributed by atoms with Crippen molar-refractivity contribution in [2.75, 3.05) is 41.0 Å². The van der Waals surface area contributed by atoms with Crippen molar-refractivity contribution in [1.82, 2.24) is 0 Å². The van der Waals surface area contributed by atoms with Crippen molar-refractivity contribution in [1.29, 1.82) is 0 Å². The molecule has 0 amide bonds. The van der Waals surface area contributed by atoms with Crippen LogP contribution in [0, 0.1) is 0 Å². The second-order valence-corrected chi connectivity index (χ2v) is 18.9. The van der Waals surface area contributed by atoms with E-state index in [1.165, 1.54) is 135 Å². The molecule has 0 aliphatic carbocycles. The van der Waals surface area contributed by atoms with E-state index < -0.39 is 18.1 Å². The summed E-state index contributed by atoms with van der Waals surface area (Å²) in [5, 5.41) is 9.65. The fraction of sp³-hybridized carbons (Fsp3) is 0.800. The molecule has 0 radical (unpaired) electrons. The van der Waals surface area contributed by atoms with E-state index in [0.717, 1.165) is 64.2 Å². The molecule has 0 aromatic heterocycles. The van der Waals surface area contributed by atoms with E-state index in [0.29, 0.717) is 19.3 Å². The topological polar surface area (TPSA) is 99.1 Å². The number of carbonyl (C=O) groups is 3. The molecule has 63 heavy (non-hydrogen) atoms. The van der Waals surface area contributed by atoms with Crippen molar-refractivity contribution in [3.8, 4) is 0 Å². The van der Waals surface area contributed by atoms with Crippen molar-refractivity contribution < 1.29 is 38.2 Å². The second-order valence-electron chi connectivity index (χ2n) is 18.9. The van der Waals surface area contributed by atoms with Crippen LogP contribution in [0.4, 0.5) is 0 Å². The van der Waals surface area contributed by atoms with Gasteiger partial charge in [0.1, 0.15) is 6.61 Å². The zero-order valence-corrected chi connectivity index (χ0v) is 41.8. The molecule has 0 bridgehead atoms. The van der Waals surface area contributed by atoms with Crippen molar-refractivity contribution >= 4 is 17.9 Å². The Morgan fingerprint density at radius 1 is 0.476 bits per heavy atom. The third kappa shape index (κ3) is 44.3. The number of esters is 2. The normalized spacial score (nSPS) is 13.2. The van der Waals surface area contributed by atoms with Gasteiger partial charge in [0.25, 0.3) is 0 Å². The number of hydrogen-bond acceptors (Lipinski definition) is 6. The summed E-state index contributed by atoms with van der Waals surface area (Å²) >= 11 is 0. The van der Waals surface area contributed by atoms with Gasteiger partial charge < -0.3 is 23.8 Å². The molecule has 0 aliphatic heterocycles. The van der Waals surface area contributed by atoms with Gasteiger partial charge in [0, 0.05) is 19.3 Å². The smallest absolute Gasteiger partial charge is 0.362 e. The molecule has 0 aromatic rings. The first-order valence-electron chi connectivity index (χ1n) is 26.2. The van der Waals surface area contributed by atoms with Crippen LogP contribution < -0.4 is 0 Å². The molecule has 0 saturated carbocycles. The largest absolute Gasteiger partial charge is 0.477 e. The molecule has 0 fully saturated rings. The van der Waals surface area contributed by atoms with Gasteiger partial charge in [0.2, 0.25) is 0 Å². The highest BCUT2D eigenvalue weighted by molar-refractivity contribution is 5.72. The Bertz CT molecular complexity index is 1170. The molecule has 8 nitrogen and oxygen atoms in total. The lowest BCUT2D eigenvalue weighted by atomic mass is 10.0. The van der Waals surface area contributed by atoms with Crippen LogP contribution in [0.1, 0.15) is 232 Å². The molecule has 8 heteroatoms. The Balaban J connectivity index is 4.25. The quantitative estimate of drug-likeness (QED) is 0.0281. The summed E-state index contributed by atoms with van der Waals surface area (Å²) in [6.45, 7) is 4.70. The van der Waals surface area contributed by atoms with Gasteiger partial charge in [-0.25, -0.2) is 4.79 Å². The number of carbonyl (C=O) groups excluding carboxylic acids is 2. The zero-order chi connectivity index (χ0) is 46.3. The first kappa shape index (κ1) is 60.3. The number of ether oxygens (including phenoxy) is 3. The van der Waals surface area contributed by atoms with E-state index in [-0.39, 0.29) is 36.2 Å². The number of quaternary nitrogens is 1. The fourth-order valence-electron chi connectivity index (χ4n) is 7.75. The molecule has 0 heterocycles. The predicted molar refractivity (Wildman–Crippen MR) is 266 cm³/mol. The number of nitrogens with zero attached hydrogens (tertiary/aromatic N) is 1. The van der Waals surface area contributed by atoms with Gasteiger partial charge in [-0.15, -0.1) is 0 Å². The Morgan fingerprint density at radius 3 is 1.27 bits per heavy atom. The molecule has 0 spiro atoms. The first-order chi connectivity index (χ1) is 30.6. The summed E-state index contributed by atoms with van der Waals surface area (Å²) in [6.07, 6.45) is 55.9. The summed E-state index contributed by atoms with van der Waals surface area (Å²) in [7, 11) is 5.53. The third-order valence-corrected chi connectivity index (χ3v) is 11.8. The Morgan fingerprint density at radius 2 is 0.841 bits per heavy atom. The first-order valence-corrected chi connectivity index (χ1v) is 26.2. The Kier molecular flexibility index (Phi) is 43.9. The highest BCUT2D eigenvalue weighted by Crippen LogP contribution is 2.16. The van der Waals surface area contributed by atoms with Crippen LogP contribution in [0.25, 0.3) is 0 Å². The molecule has 1 N–H and O–H groups in total. The molecule has 0 rings (SSSR count). The van der Waals surface area contributed by atoms with Gasteiger partial charge in [-0.3, -0.25) is 9.59 Å². The number of likely N-dealkylation sites (N-methyl/N-ethyl adjacent to an activating group) is 1. The van der Waals surface area contributed by atoms with E-state index in [9.17, 15) is 19.5 Å². The maximum atomic E-state index is 12.8. The third-order valence-electron chi connectivity index (χ3n) is 11.8. The molecule has 2 atom stereocenters. The monoisotopic (exact) mass is 887 g/mol. The molecule has 2 unspecified atom stereocenters. The van der Waals surface area contributed by atoms with Crippen LogP contribution in [0.2, 0.25) is 0 Å². The summed E-state index contributed by atoms with van der Waals surface area (Å²) in [5.74, 6) is -1.49. The van der Waals surface area contributed by atoms with Crippen LogP contribution in [-0.2, 0) is 28.6 Å². The van der Waals surface area contributed by atoms with Crippen LogP contribution in [0.5, 0.6) is 0 Å². The average Bonchev–Trinajstić information content (AvgIpc) is 3.24. The molecule has 0 saturated heterocycles. The minimum absolute atomic E-state index is 0.0526. The van der Waals surface area contributed by atoms with Crippen molar-refractivity contribution in [3.05, 3.63) is 48.6 Å². The summed E-state index contributed by atoms with van der Waals surface area (Å²) < 4.78 is 17.3. The van der Waals surface area contributed by atoms with Crippen molar-refractivity contribution in [2.24, 2.45) is 0 Å². The minimum atomic E-state index is -0.878. The van der Waals surface area contributed by atoms with Crippen molar-refractivity contribution in [2.45, 2.75) is 244 Å². The predicted octanol–water partition coefficient (Wildman–Crippen LogP) is 15.1. The van der Waals surface area contributed by atoms with E-state index in [4.69, 9.17) is 14.2 Å². The molecular weight excluding hydrogens is 787 g/mol. The van der Waals surface area contributed by atoms with E-state index in [1.807, 2.05) is 21.1 Å².